The van der Waals surface area contributed by atoms with Gasteiger partial charge in [0.1, 0.15) is 12.6 Å². The summed E-state index contributed by atoms with van der Waals surface area (Å²) >= 11 is 0. The highest BCUT2D eigenvalue weighted by Crippen LogP contribution is 2.44. The first kappa shape index (κ1) is 22.8. The second kappa shape index (κ2) is 10.0. The van der Waals surface area contributed by atoms with Crippen LogP contribution in [0.4, 0.5) is 10.5 Å². The molecule has 0 spiro atoms. The van der Waals surface area contributed by atoms with Crippen LogP contribution in [-0.4, -0.2) is 35.7 Å². The number of fused-ring (bicyclic) bond motifs is 3. The second-order valence-corrected chi connectivity index (χ2v) is 7.98. The van der Waals surface area contributed by atoms with Gasteiger partial charge in [0.15, 0.2) is 0 Å². The van der Waals surface area contributed by atoms with Gasteiger partial charge in [0.05, 0.1) is 0 Å². The molecule has 0 aliphatic heterocycles. The van der Waals surface area contributed by atoms with Gasteiger partial charge in [-0.3, -0.25) is 14.9 Å². The fraction of sp³-hybridized carbons (Fsp3) is 0.148. The number of aliphatic carboxylic acids is 1. The van der Waals surface area contributed by atoms with E-state index in [0.29, 0.717) is 11.3 Å². The predicted octanol–water partition coefficient (Wildman–Crippen LogP) is 4.65. The van der Waals surface area contributed by atoms with Crippen LogP contribution in [-0.2, 0) is 14.3 Å². The number of hydrogen-bond donors (Lipinski definition) is 3. The molecule has 0 saturated heterocycles. The summed E-state index contributed by atoms with van der Waals surface area (Å²) in [5.74, 6) is -1.67. The molecule has 1 aliphatic rings. The fourth-order valence-electron chi connectivity index (χ4n) is 3.97. The maximum Gasteiger partial charge on any atom is 0.411 e. The van der Waals surface area contributed by atoms with Crippen molar-refractivity contribution in [1.29, 1.82) is 0 Å². The molecular weight excluding hydrogens is 432 g/mol. The number of carboxylic acids is 1. The summed E-state index contributed by atoms with van der Waals surface area (Å²) in [5, 5.41) is 13.9. The fourth-order valence-corrected chi connectivity index (χ4v) is 3.97. The Morgan fingerprint density at radius 2 is 1.62 bits per heavy atom. The minimum Gasteiger partial charge on any atom is -0.480 e. The average Bonchev–Trinajstić information content (AvgIpc) is 3.15. The summed E-state index contributed by atoms with van der Waals surface area (Å²) < 4.78 is 5.56. The lowest BCUT2D eigenvalue weighted by atomic mass is 9.98. The van der Waals surface area contributed by atoms with Crippen molar-refractivity contribution in [2.24, 2.45) is 0 Å². The molecule has 0 radical (unpaired) electrons. The lowest BCUT2D eigenvalue weighted by molar-refractivity contribution is -0.140. The highest BCUT2D eigenvalue weighted by molar-refractivity contribution is 5.94. The lowest BCUT2D eigenvalue weighted by Gasteiger charge is -2.14. The van der Waals surface area contributed by atoms with Crippen molar-refractivity contribution in [2.75, 3.05) is 11.9 Å². The quantitative estimate of drug-likeness (QED) is 0.449. The largest absolute Gasteiger partial charge is 0.480 e. The number of carbonyl (C=O) groups is 3. The first-order chi connectivity index (χ1) is 16.4. The summed E-state index contributed by atoms with van der Waals surface area (Å²) in [6.45, 7) is 1.59. The van der Waals surface area contributed by atoms with Gasteiger partial charge in [-0.2, -0.15) is 0 Å². The Morgan fingerprint density at radius 1 is 0.971 bits per heavy atom. The van der Waals surface area contributed by atoms with E-state index in [2.05, 4.69) is 34.9 Å². The standard InChI is InChI=1S/C27H24N2O5/c1-17(26(31)32)28-25(30)14-13-18-7-6-8-19(15-18)29-27(33)34-16-24-22-11-4-2-9-20(22)21-10-3-5-12-23(21)24/h2-15,17,24H,16H2,1H3,(H,28,30)(H,29,33)(H,31,32)/b14-13+. The third-order valence-electron chi connectivity index (χ3n) is 5.63. The zero-order valence-electron chi connectivity index (χ0n) is 18.5. The van der Waals surface area contributed by atoms with E-state index in [-0.39, 0.29) is 12.5 Å². The van der Waals surface area contributed by atoms with Gasteiger partial charge in [0, 0.05) is 17.7 Å². The number of nitrogens with one attached hydrogen (secondary N) is 2. The van der Waals surface area contributed by atoms with Crippen LogP contribution in [0.3, 0.4) is 0 Å². The Kier molecular flexibility index (Phi) is 6.73. The molecule has 3 aromatic rings. The Balaban J connectivity index is 1.37. The van der Waals surface area contributed by atoms with Crippen LogP contribution in [0.15, 0.2) is 78.9 Å². The normalized spacial score (nSPS) is 13.1. The van der Waals surface area contributed by atoms with Crippen LogP contribution >= 0.6 is 0 Å². The number of anilines is 1. The molecular formula is C27H24N2O5. The molecule has 3 N–H and O–H groups in total. The Bertz CT molecular complexity index is 1220. The molecule has 4 rings (SSSR count). The van der Waals surface area contributed by atoms with Crippen LogP contribution in [0.2, 0.25) is 0 Å². The van der Waals surface area contributed by atoms with E-state index in [1.54, 1.807) is 24.3 Å². The van der Waals surface area contributed by atoms with E-state index in [4.69, 9.17) is 9.84 Å². The first-order valence-corrected chi connectivity index (χ1v) is 10.9. The van der Waals surface area contributed by atoms with Gasteiger partial charge < -0.3 is 15.2 Å². The molecule has 7 nitrogen and oxygen atoms in total. The number of carbonyl (C=O) groups excluding carboxylic acids is 2. The summed E-state index contributed by atoms with van der Waals surface area (Å²) in [4.78, 5) is 35.1. The van der Waals surface area contributed by atoms with Crippen molar-refractivity contribution >= 4 is 29.7 Å². The zero-order valence-corrected chi connectivity index (χ0v) is 18.5. The molecule has 0 saturated carbocycles. The summed E-state index contributed by atoms with van der Waals surface area (Å²) in [5.41, 5.74) is 5.77. The zero-order chi connectivity index (χ0) is 24.1. The van der Waals surface area contributed by atoms with E-state index >= 15 is 0 Å². The second-order valence-electron chi connectivity index (χ2n) is 7.98. The van der Waals surface area contributed by atoms with Gasteiger partial charge in [-0.1, -0.05) is 60.7 Å². The van der Waals surface area contributed by atoms with Crippen molar-refractivity contribution < 1.29 is 24.2 Å². The molecule has 34 heavy (non-hydrogen) atoms. The maximum atomic E-state index is 12.5. The monoisotopic (exact) mass is 456 g/mol. The van der Waals surface area contributed by atoms with Gasteiger partial charge in [-0.05, 0) is 52.9 Å². The predicted molar refractivity (Wildman–Crippen MR) is 129 cm³/mol. The van der Waals surface area contributed by atoms with E-state index in [0.717, 1.165) is 22.3 Å². The van der Waals surface area contributed by atoms with E-state index in [1.165, 1.54) is 19.1 Å². The van der Waals surface area contributed by atoms with Crippen LogP contribution < -0.4 is 10.6 Å². The van der Waals surface area contributed by atoms with Crippen molar-refractivity contribution in [2.45, 2.75) is 18.9 Å². The van der Waals surface area contributed by atoms with E-state index in [1.807, 2.05) is 24.3 Å². The number of amides is 2. The number of carboxylic acid groups (broad SMARTS) is 1. The van der Waals surface area contributed by atoms with E-state index in [9.17, 15) is 14.4 Å². The average molecular weight is 456 g/mol. The Labute approximate surface area is 197 Å². The van der Waals surface area contributed by atoms with Crippen LogP contribution in [0.25, 0.3) is 17.2 Å². The topological polar surface area (TPSA) is 105 Å². The van der Waals surface area contributed by atoms with Gasteiger partial charge >= 0.3 is 12.1 Å². The number of benzene rings is 3. The highest BCUT2D eigenvalue weighted by Gasteiger charge is 2.29. The van der Waals surface area contributed by atoms with Crippen molar-refractivity contribution in [3.8, 4) is 11.1 Å². The third-order valence-corrected chi connectivity index (χ3v) is 5.63. The van der Waals surface area contributed by atoms with E-state index < -0.39 is 24.0 Å². The van der Waals surface area contributed by atoms with Gasteiger partial charge in [0.25, 0.3) is 0 Å². The maximum absolute atomic E-state index is 12.5. The molecule has 1 aliphatic carbocycles. The van der Waals surface area contributed by atoms with Crippen LogP contribution in [0, 0.1) is 0 Å². The minimum absolute atomic E-state index is 0.0286. The molecule has 3 aromatic carbocycles. The first-order valence-electron chi connectivity index (χ1n) is 10.9. The number of ether oxygens (including phenoxy) is 1. The molecule has 1 atom stereocenters. The SMILES string of the molecule is CC(NC(=O)/C=C/c1cccc(NC(=O)OCC2c3ccccc3-c3ccccc32)c1)C(=O)O. The molecule has 1 unspecified atom stereocenters. The van der Waals surface area contributed by atoms with Crippen LogP contribution in [0.5, 0.6) is 0 Å². The van der Waals surface area contributed by atoms with Gasteiger partial charge in [-0.25, -0.2) is 4.79 Å². The smallest absolute Gasteiger partial charge is 0.411 e. The van der Waals surface area contributed by atoms with Gasteiger partial charge in [0.2, 0.25) is 5.91 Å². The minimum atomic E-state index is -1.11. The molecule has 7 heteroatoms. The molecule has 0 heterocycles. The van der Waals surface area contributed by atoms with Crippen molar-refractivity contribution in [3.05, 3.63) is 95.6 Å². The summed E-state index contributed by atoms with van der Waals surface area (Å²) in [6, 6.07) is 22.2. The number of hydrogen-bond acceptors (Lipinski definition) is 4. The Morgan fingerprint density at radius 3 is 2.26 bits per heavy atom. The highest BCUT2D eigenvalue weighted by atomic mass is 16.5. The lowest BCUT2D eigenvalue weighted by Crippen LogP contribution is -2.37. The summed E-state index contributed by atoms with van der Waals surface area (Å²) in [7, 11) is 0. The van der Waals surface area contributed by atoms with Crippen molar-refractivity contribution in [1.82, 2.24) is 5.32 Å². The molecule has 0 aromatic heterocycles. The Hall–Kier alpha value is -4.39. The molecule has 0 bridgehead atoms. The third kappa shape index (κ3) is 5.15. The molecule has 172 valence electrons. The molecule has 2 amide bonds. The summed E-state index contributed by atoms with van der Waals surface area (Å²) in [6.07, 6.45) is 2.20. The van der Waals surface area contributed by atoms with Crippen LogP contribution in [0.1, 0.15) is 29.5 Å². The van der Waals surface area contributed by atoms with Gasteiger partial charge in [-0.15, -0.1) is 0 Å². The molecule has 0 fully saturated rings. The number of rotatable bonds is 7. The van der Waals surface area contributed by atoms with Crippen molar-refractivity contribution in [3.63, 3.8) is 0 Å².